The molecule has 0 radical (unpaired) electrons. The predicted molar refractivity (Wildman–Crippen MR) is 160 cm³/mol. The van der Waals surface area contributed by atoms with Crippen LogP contribution in [0.4, 0.5) is 23.4 Å². The Morgan fingerprint density at radius 3 is 2.41 bits per heavy atom. The fourth-order valence-corrected chi connectivity index (χ4v) is 6.17. The van der Waals surface area contributed by atoms with Gasteiger partial charge in [-0.15, -0.1) is 0 Å². The third kappa shape index (κ3) is 6.24. The Hall–Kier alpha value is -4.49. The lowest BCUT2D eigenvalue weighted by Gasteiger charge is -2.29. The van der Waals surface area contributed by atoms with Crippen LogP contribution >= 0.6 is 0 Å². The van der Waals surface area contributed by atoms with Gasteiger partial charge in [-0.05, 0) is 92.4 Å². The summed E-state index contributed by atoms with van der Waals surface area (Å²) in [5.74, 6) is -0.764. The fourth-order valence-electron chi connectivity index (χ4n) is 6.17. The highest BCUT2D eigenvalue weighted by atomic mass is 19.4. The predicted octanol–water partition coefficient (Wildman–Crippen LogP) is 7.24. The van der Waals surface area contributed by atoms with Gasteiger partial charge in [-0.3, -0.25) is 4.79 Å². The molecule has 6 rings (SSSR count). The van der Waals surface area contributed by atoms with Crippen LogP contribution in [-0.4, -0.2) is 52.9 Å². The monoisotopic (exact) mass is 601 g/mol. The summed E-state index contributed by atoms with van der Waals surface area (Å²) in [5, 5.41) is 12.9. The van der Waals surface area contributed by atoms with Crippen LogP contribution < -0.4 is 5.32 Å². The second-order valence-electron chi connectivity index (χ2n) is 11.4. The molecule has 0 aliphatic carbocycles. The van der Waals surface area contributed by atoms with Gasteiger partial charge in [-0.1, -0.05) is 24.3 Å². The number of benzene rings is 3. The number of nitrogens with one attached hydrogen (secondary N) is 1. The molecule has 44 heavy (non-hydrogen) atoms. The largest absolute Gasteiger partial charge is 0.416 e. The summed E-state index contributed by atoms with van der Waals surface area (Å²) in [7, 11) is 0. The molecule has 1 atom stereocenters. The van der Waals surface area contributed by atoms with Crippen molar-refractivity contribution in [2.24, 2.45) is 0 Å². The highest BCUT2D eigenvalue weighted by Gasteiger charge is 2.33. The van der Waals surface area contributed by atoms with Gasteiger partial charge in [0.05, 0.1) is 28.3 Å². The molecule has 0 bridgehead atoms. The smallest absolute Gasteiger partial charge is 0.366 e. The van der Waals surface area contributed by atoms with E-state index in [2.05, 4.69) is 21.3 Å². The Morgan fingerprint density at radius 2 is 1.70 bits per heavy atom. The van der Waals surface area contributed by atoms with Gasteiger partial charge in [0.15, 0.2) is 0 Å². The van der Waals surface area contributed by atoms with Gasteiger partial charge in [-0.25, -0.2) is 9.37 Å². The Labute approximate surface area is 252 Å². The molecular formula is C34H31F4N5O. The molecule has 226 valence electrons. The molecule has 0 unspecified atom stereocenters. The van der Waals surface area contributed by atoms with Crippen molar-refractivity contribution in [3.8, 4) is 17.2 Å². The topological polar surface area (TPSA) is 72.3 Å². The number of likely N-dealkylation sites (tertiary alicyclic amines) is 2. The molecule has 4 aromatic rings. The first-order valence-corrected chi connectivity index (χ1v) is 14.8. The average molecular weight is 602 g/mol. The SMILES string of the molecule is N#Cc1ccc(-c2ccc3nc(NCc4ccc(C(F)(F)F)cc4F)cc(C(=O)N4CCC[C@H]4CN4CCCC4)c3c2)cc1. The summed E-state index contributed by atoms with van der Waals surface area (Å²) in [6, 6.07) is 19.1. The van der Waals surface area contributed by atoms with E-state index >= 15 is 0 Å². The van der Waals surface area contributed by atoms with Crippen LogP contribution in [-0.2, 0) is 12.7 Å². The van der Waals surface area contributed by atoms with E-state index in [1.54, 1.807) is 18.2 Å². The number of hydrogen-bond acceptors (Lipinski definition) is 5. The zero-order valence-corrected chi connectivity index (χ0v) is 24.0. The van der Waals surface area contributed by atoms with Gasteiger partial charge in [0.1, 0.15) is 11.6 Å². The maximum atomic E-state index is 14.6. The van der Waals surface area contributed by atoms with Crippen molar-refractivity contribution in [2.75, 3.05) is 31.5 Å². The quantitative estimate of drug-likeness (QED) is 0.226. The molecule has 3 heterocycles. The summed E-state index contributed by atoms with van der Waals surface area (Å²) in [6.45, 7) is 3.46. The zero-order valence-electron chi connectivity index (χ0n) is 24.0. The molecular weight excluding hydrogens is 570 g/mol. The summed E-state index contributed by atoms with van der Waals surface area (Å²) < 4.78 is 53.6. The van der Waals surface area contributed by atoms with Crippen molar-refractivity contribution in [1.29, 1.82) is 5.26 Å². The third-order valence-electron chi connectivity index (χ3n) is 8.53. The van der Waals surface area contributed by atoms with Gasteiger partial charge in [0.25, 0.3) is 5.91 Å². The van der Waals surface area contributed by atoms with E-state index in [-0.39, 0.29) is 24.1 Å². The minimum Gasteiger partial charge on any atom is -0.366 e. The number of hydrogen-bond donors (Lipinski definition) is 1. The van der Waals surface area contributed by atoms with Gasteiger partial charge in [0.2, 0.25) is 0 Å². The van der Waals surface area contributed by atoms with Crippen molar-refractivity contribution in [1.82, 2.24) is 14.8 Å². The Bertz CT molecular complexity index is 1730. The first-order chi connectivity index (χ1) is 21.2. The minimum atomic E-state index is -4.64. The van der Waals surface area contributed by atoms with Gasteiger partial charge >= 0.3 is 6.18 Å². The molecule has 2 aliphatic rings. The molecule has 2 saturated heterocycles. The lowest BCUT2D eigenvalue weighted by molar-refractivity contribution is -0.137. The normalized spacial score (nSPS) is 17.2. The maximum Gasteiger partial charge on any atom is 0.416 e. The Balaban J connectivity index is 1.34. The number of nitrogens with zero attached hydrogens (tertiary/aromatic N) is 4. The highest BCUT2D eigenvalue weighted by molar-refractivity contribution is 6.08. The van der Waals surface area contributed by atoms with Gasteiger partial charge in [0, 0.05) is 36.6 Å². The molecule has 1 amide bonds. The van der Waals surface area contributed by atoms with Gasteiger partial charge < -0.3 is 15.1 Å². The van der Waals surface area contributed by atoms with E-state index in [4.69, 9.17) is 0 Å². The van der Waals surface area contributed by atoms with Crippen LogP contribution in [0.3, 0.4) is 0 Å². The van der Waals surface area contributed by atoms with Crippen LogP contribution in [0, 0.1) is 17.1 Å². The number of halogens is 4. The molecule has 2 aliphatic heterocycles. The summed E-state index contributed by atoms with van der Waals surface area (Å²) >= 11 is 0. The highest BCUT2D eigenvalue weighted by Crippen LogP contribution is 2.32. The number of carbonyl (C=O) groups excluding carboxylic acids is 1. The van der Waals surface area contributed by atoms with E-state index in [1.807, 2.05) is 35.2 Å². The first-order valence-electron chi connectivity index (χ1n) is 14.8. The summed E-state index contributed by atoms with van der Waals surface area (Å²) in [6.07, 6.45) is -0.451. The van der Waals surface area contributed by atoms with Crippen molar-refractivity contribution in [3.63, 3.8) is 0 Å². The number of pyridine rings is 1. The zero-order chi connectivity index (χ0) is 30.8. The number of fused-ring (bicyclic) bond motifs is 1. The van der Waals surface area contributed by atoms with Crippen LogP contribution in [0.15, 0.2) is 66.7 Å². The summed E-state index contributed by atoms with van der Waals surface area (Å²) in [5.41, 5.74) is 2.30. The lowest BCUT2D eigenvalue weighted by Crippen LogP contribution is -2.42. The van der Waals surface area contributed by atoms with Gasteiger partial charge in [-0.2, -0.15) is 18.4 Å². The number of carbonyl (C=O) groups is 1. The van der Waals surface area contributed by atoms with Crippen molar-refractivity contribution < 1.29 is 22.4 Å². The van der Waals surface area contributed by atoms with Crippen LogP contribution in [0.25, 0.3) is 22.0 Å². The fraction of sp³-hybridized carbons (Fsp3) is 0.324. The molecule has 1 N–H and O–H groups in total. The second kappa shape index (κ2) is 12.2. The van der Waals surface area contributed by atoms with E-state index < -0.39 is 17.6 Å². The van der Waals surface area contributed by atoms with E-state index in [0.29, 0.717) is 40.5 Å². The molecule has 3 aromatic carbocycles. The first kappa shape index (κ1) is 29.6. The number of amides is 1. The summed E-state index contributed by atoms with van der Waals surface area (Å²) in [4.78, 5) is 23.3. The van der Waals surface area contributed by atoms with Crippen molar-refractivity contribution in [3.05, 3.63) is 94.8 Å². The molecule has 0 saturated carbocycles. The van der Waals surface area contributed by atoms with Crippen LogP contribution in [0.1, 0.15) is 52.7 Å². The number of aromatic nitrogens is 1. The van der Waals surface area contributed by atoms with E-state index in [9.17, 15) is 27.6 Å². The Kier molecular flexibility index (Phi) is 8.23. The average Bonchev–Trinajstić information content (AvgIpc) is 3.72. The molecule has 10 heteroatoms. The number of rotatable bonds is 7. The Morgan fingerprint density at radius 1 is 0.955 bits per heavy atom. The minimum absolute atomic E-state index is 0.0501. The van der Waals surface area contributed by atoms with Crippen LogP contribution in [0.5, 0.6) is 0 Å². The van der Waals surface area contributed by atoms with Crippen LogP contribution in [0.2, 0.25) is 0 Å². The molecule has 1 aromatic heterocycles. The van der Waals surface area contributed by atoms with E-state index in [0.717, 1.165) is 55.7 Å². The van der Waals surface area contributed by atoms with Crippen molar-refractivity contribution in [2.45, 2.75) is 44.4 Å². The third-order valence-corrected chi connectivity index (χ3v) is 8.53. The van der Waals surface area contributed by atoms with Crippen molar-refractivity contribution >= 4 is 22.6 Å². The standard InChI is InChI=1S/C34H31F4N5O/c35-30-17-26(34(36,37)38)11-9-25(30)20-40-32-18-29(33(44)43-15-3-4-27(43)21-42-13-1-2-14-42)28-16-24(10-12-31(28)41-32)23-7-5-22(19-39)6-8-23/h5-12,16-18,27H,1-4,13-15,20-21H2,(H,40,41)/t27-/m0/s1. The second-order valence-corrected chi connectivity index (χ2v) is 11.4. The number of anilines is 1. The lowest BCUT2D eigenvalue weighted by atomic mass is 9.99. The maximum absolute atomic E-state index is 14.6. The molecule has 0 spiro atoms. The van der Waals surface area contributed by atoms with E-state index in [1.165, 1.54) is 12.8 Å². The number of nitriles is 1. The molecule has 2 fully saturated rings. The molecule has 6 nitrogen and oxygen atoms in total. The number of alkyl halides is 3.